The van der Waals surface area contributed by atoms with Crippen molar-refractivity contribution in [2.75, 3.05) is 0 Å². The first-order chi connectivity index (χ1) is 5.27. The lowest BCUT2D eigenvalue weighted by Crippen LogP contribution is -1.79. The Hall–Kier alpha value is -0.880. The summed E-state index contributed by atoms with van der Waals surface area (Å²) in [6, 6.07) is 0. The van der Waals surface area contributed by atoms with E-state index in [0.717, 1.165) is 25.7 Å². The van der Waals surface area contributed by atoms with Gasteiger partial charge in [0.05, 0.1) is 13.3 Å². The van der Waals surface area contributed by atoms with E-state index >= 15 is 0 Å². The van der Waals surface area contributed by atoms with Crippen molar-refractivity contribution in [3.8, 4) is 0 Å². The second-order valence-electron chi connectivity index (χ2n) is 2.52. The zero-order valence-electron chi connectivity index (χ0n) is 6.84. The van der Waals surface area contributed by atoms with Crippen molar-refractivity contribution < 1.29 is 10.2 Å². The number of aliphatic hydroxyl groups is 2. The first-order valence-electron chi connectivity index (χ1n) is 4.05. The van der Waals surface area contributed by atoms with Crippen LogP contribution in [0.15, 0.2) is 5.95 Å². The molecule has 0 fully saturated rings. The number of unbranched alkanes of at least 4 members (excludes halogenated alkanes) is 5. The molecule has 0 aromatic carbocycles. The number of hydrogen-bond donors (Lipinski definition) is 2. The van der Waals surface area contributed by atoms with E-state index in [9.17, 15) is 0 Å². The van der Waals surface area contributed by atoms with Crippen LogP contribution in [0.5, 0.6) is 0 Å². The third-order valence-corrected chi connectivity index (χ3v) is 1.46. The summed E-state index contributed by atoms with van der Waals surface area (Å²) in [4.78, 5) is 0. The lowest BCUT2D eigenvalue weighted by atomic mass is 10.1. The molecule has 0 aliphatic carbocycles. The van der Waals surface area contributed by atoms with Gasteiger partial charge in [0.15, 0.2) is 6.42 Å². The largest absolute Gasteiger partial charge is 0.536 e. The third-order valence-electron chi connectivity index (χ3n) is 1.46. The Morgan fingerprint density at radius 3 is 2.27 bits per heavy atom. The average Bonchev–Trinajstić information content (AvgIpc) is 1.96. The highest BCUT2D eigenvalue weighted by molar-refractivity contribution is 4.68. The van der Waals surface area contributed by atoms with E-state index in [4.69, 9.17) is 10.2 Å². The van der Waals surface area contributed by atoms with Crippen LogP contribution in [0.3, 0.4) is 0 Å². The first kappa shape index (κ1) is 10.1. The molecule has 0 aliphatic rings. The molecule has 2 nitrogen and oxygen atoms in total. The Morgan fingerprint density at radius 1 is 1.09 bits per heavy atom. The van der Waals surface area contributed by atoms with E-state index in [1.54, 1.807) is 0 Å². The Bertz CT molecular complexity index is 104. The average molecular weight is 156 g/mol. The smallest absolute Gasteiger partial charge is 0.440 e. The zero-order valence-corrected chi connectivity index (χ0v) is 6.84. The van der Waals surface area contributed by atoms with Crippen LogP contribution in [0.25, 0.3) is 0 Å². The van der Waals surface area contributed by atoms with Gasteiger partial charge in [-0.15, -0.1) is 0 Å². The summed E-state index contributed by atoms with van der Waals surface area (Å²) in [5.74, 6) is -0.679. The summed E-state index contributed by atoms with van der Waals surface area (Å²) in [5.41, 5.74) is 0. The fourth-order valence-corrected chi connectivity index (χ4v) is 0.856. The minimum atomic E-state index is -0.679. The van der Waals surface area contributed by atoms with Crippen LogP contribution in [0.2, 0.25) is 0 Å². The van der Waals surface area contributed by atoms with Gasteiger partial charge < -0.3 is 10.2 Å². The standard InChI is InChI=1S/C9H14O2/c1-2-3-4-5-6-7-8-9(10)11/h1-7H2/p+2. The van der Waals surface area contributed by atoms with Crippen LogP contribution in [0.4, 0.5) is 0 Å². The topological polar surface area (TPSA) is 40.5 Å². The molecule has 0 heterocycles. The Balaban J connectivity index is 2.97. The zero-order chi connectivity index (χ0) is 8.53. The van der Waals surface area contributed by atoms with Crippen LogP contribution in [0, 0.1) is 13.0 Å². The van der Waals surface area contributed by atoms with E-state index in [0.29, 0.717) is 6.42 Å². The molecule has 0 saturated carbocycles. The molecular weight excluding hydrogens is 140 g/mol. The molecule has 0 atom stereocenters. The van der Waals surface area contributed by atoms with E-state index in [2.05, 4.69) is 13.0 Å². The Kier molecular flexibility index (Phi) is 6.65. The van der Waals surface area contributed by atoms with Gasteiger partial charge in [-0.3, -0.25) is 0 Å². The van der Waals surface area contributed by atoms with Crippen LogP contribution < -0.4 is 0 Å². The van der Waals surface area contributed by atoms with Gasteiger partial charge in [0.25, 0.3) is 0 Å². The van der Waals surface area contributed by atoms with E-state index < -0.39 is 5.95 Å². The lowest BCUT2D eigenvalue weighted by Gasteiger charge is -1.88. The lowest BCUT2D eigenvalue weighted by molar-refractivity contribution is 0.185. The van der Waals surface area contributed by atoms with Gasteiger partial charge in [-0.05, 0) is 25.7 Å². The van der Waals surface area contributed by atoms with Crippen molar-refractivity contribution in [3.63, 3.8) is 0 Å². The second-order valence-corrected chi connectivity index (χ2v) is 2.52. The fraction of sp³-hybridized carbons (Fsp3) is 0.667. The van der Waals surface area contributed by atoms with Gasteiger partial charge in [-0.1, -0.05) is 0 Å². The highest BCUT2D eigenvalue weighted by atomic mass is 16.5. The quantitative estimate of drug-likeness (QED) is 0.352. The minimum absolute atomic E-state index is 0.638. The van der Waals surface area contributed by atoms with Crippen LogP contribution in [-0.2, 0) is 0 Å². The van der Waals surface area contributed by atoms with Gasteiger partial charge in [0.1, 0.15) is 0 Å². The summed E-state index contributed by atoms with van der Waals surface area (Å²) in [6.45, 7) is 3.73. The molecule has 0 rings (SSSR count). The molecule has 0 bridgehead atoms. The molecule has 0 spiro atoms. The number of allylic oxidation sites excluding steroid dienone is 1. The summed E-state index contributed by atoms with van der Waals surface area (Å²) in [6.07, 6.45) is 8.50. The van der Waals surface area contributed by atoms with Crippen molar-refractivity contribution in [1.29, 1.82) is 0 Å². The van der Waals surface area contributed by atoms with Crippen molar-refractivity contribution >= 4 is 0 Å². The molecule has 0 saturated heterocycles. The molecule has 0 aromatic heterocycles. The van der Waals surface area contributed by atoms with Gasteiger partial charge in [0.2, 0.25) is 0 Å². The summed E-state index contributed by atoms with van der Waals surface area (Å²) < 4.78 is 0. The summed E-state index contributed by atoms with van der Waals surface area (Å²) in [5, 5.41) is 16.6. The molecule has 62 valence electrons. The maximum absolute atomic E-state index is 8.31. The van der Waals surface area contributed by atoms with Crippen molar-refractivity contribution in [1.82, 2.24) is 0 Å². The van der Waals surface area contributed by atoms with Crippen molar-refractivity contribution in [3.05, 3.63) is 18.9 Å². The van der Waals surface area contributed by atoms with Crippen LogP contribution in [-0.4, -0.2) is 10.2 Å². The summed E-state index contributed by atoms with van der Waals surface area (Å²) >= 11 is 0. The number of rotatable bonds is 6. The molecule has 0 radical (unpaired) electrons. The molecule has 0 aromatic rings. The molecule has 11 heavy (non-hydrogen) atoms. The number of aliphatic hydroxyl groups excluding tert-OH is 1. The monoisotopic (exact) mass is 156 g/mol. The first-order valence-corrected chi connectivity index (χ1v) is 4.05. The highest BCUT2D eigenvalue weighted by Gasteiger charge is 2.02. The van der Waals surface area contributed by atoms with Crippen molar-refractivity contribution in [2.24, 2.45) is 0 Å². The maximum atomic E-state index is 8.31. The predicted molar refractivity (Wildman–Crippen MR) is 45.1 cm³/mol. The van der Waals surface area contributed by atoms with E-state index in [-0.39, 0.29) is 0 Å². The SMILES string of the molecule is [CH2+]CCCCCC[C+]=C(O)O. The van der Waals surface area contributed by atoms with E-state index in [1.807, 2.05) is 0 Å². The normalized spacial score (nSPS) is 9.09. The van der Waals surface area contributed by atoms with Crippen molar-refractivity contribution in [2.45, 2.75) is 38.5 Å². The molecule has 0 aliphatic heterocycles. The minimum Gasteiger partial charge on any atom is -0.440 e. The number of hydrogen-bond acceptors (Lipinski definition) is 2. The molecule has 2 heteroatoms. The molecular formula is C9H16O2+2. The molecule has 2 N–H and O–H groups in total. The van der Waals surface area contributed by atoms with Crippen LogP contribution >= 0.6 is 0 Å². The fourth-order valence-electron chi connectivity index (χ4n) is 0.856. The molecule has 0 unspecified atom stereocenters. The van der Waals surface area contributed by atoms with Gasteiger partial charge in [0, 0.05) is 0 Å². The second kappa shape index (κ2) is 7.23. The van der Waals surface area contributed by atoms with E-state index in [1.165, 1.54) is 6.42 Å². The van der Waals surface area contributed by atoms with Gasteiger partial charge in [-0.2, -0.15) is 0 Å². The maximum Gasteiger partial charge on any atom is 0.536 e. The Labute approximate surface area is 68.6 Å². The van der Waals surface area contributed by atoms with Gasteiger partial charge >= 0.3 is 12.0 Å². The molecule has 0 amide bonds. The third kappa shape index (κ3) is 9.12. The Morgan fingerprint density at radius 2 is 1.73 bits per heavy atom. The summed E-state index contributed by atoms with van der Waals surface area (Å²) in [7, 11) is 0. The van der Waals surface area contributed by atoms with Crippen LogP contribution in [0.1, 0.15) is 38.5 Å². The predicted octanol–water partition coefficient (Wildman–Crippen LogP) is 2.92. The highest BCUT2D eigenvalue weighted by Crippen LogP contribution is 2.04. The van der Waals surface area contributed by atoms with Gasteiger partial charge in [-0.25, -0.2) is 0 Å².